The Labute approximate surface area is 137 Å². The van der Waals surface area contributed by atoms with Gasteiger partial charge in [0.25, 0.3) is 11.5 Å². The second-order valence-corrected chi connectivity index (χ2v) is 7.23. The van der Waals surface area contributed by atoms with E-state index in [4.69, 9.17) is 0 Å². The molecule has 0 radical (unpaired) electrons. The summed E-state index contributed by atoms with van der Waals surface area (Å²) in [5.74, 6) is -0.146. The van der Waals surface area contributed by atoms with Gasteiger partial charge in [-0.25, -0.2) is 4.79 Å². The molecule has 0 atom stereocenters. The molecule has 0 bridgehead atoms. The number of aromatic nitrogens is 2. The van der Waals surface area contributed by atoms with Crippen molar-refractivity contribution < 1.29 is 4.79 Å². The Morgan fingerprint density at radius 2 is 1.78 bits per heavy atom. The van der Waals surface area contributed by atoms with Crippen LogP contribution in [0.5, 0.6) is 0 Å². The molecule has 2 heterocycles. The second kappa shape index (κ2) is 6.31. The topological polar surface area (TPSA) is 73.1 Å². The molecule has 1 amide bonds. The zero-order valence-corrected chi connectivity index (χ0v) is 14.2. The normalized spacial score (nSPS) is 16.4. The molecule has 1 saturated carbocycles. The fourth-order valence-corrected chi connectivity index (χ4v) is 4.16. The lowest BCUT2D eigenvalue weighted by Gasteiger charge is -2.15. The van der Waals surface area contributed by atoms with Gasteiger partial charge in [0, 0.05) is 20.1 Å². The number of aryl methyl sites for hydroxylation is 1. The van der Waals surface area contributed by atoms with Crippen molar-refractivity contribution in [3.63, 3.8) is 0 Å². The van der Waals surface area contributed by atoms with Gasteiger partial charge in [-0.05, 0) is 18.9 Å². The summed E-state index contributed by atoms with van der Waals surface area (Å²) in [6, 6.07) is 1.82. The minimum absolute atomic E-state index is 0.146. The molecule has 0 saturated heterocycles. The molecule has 124 valence electrons. The summed E-state index contributed by atoms with van der Waals surface area (Å²) in [4.78, 5) is 37.7. The molecular weight excluding hydrogens is 314 g/mol. The summed E-state index contributed by atoms with van der Waals surface area (Å²) in [5.41, 5.74) is -0.729. The third kappa shape index (κ3) is 2.97. The predicted molar refractivity (Wildman–Crippen MR) is 91.3 cm³/mol. The van der Waals surface area contributed by atoms with Gasteiger partial charge in [-0.15, -0.1) is 11.3 Å². The van der Waals surface area contributed by atoms with E-state index in [9.17, 15) is 14.4 Å². The number of rotatable bonds is 2. The van der Waals surface area contributed by atoms with Crippen LogP contribution >= 0.6 is 11.3 Å². The van der Waals surface area contributed by atoms with E-state index in [1.54, 1.807) is 13.1 Å². The number of carbonyl (C=O) groups excluding carboxylic acids is 1. The van der Waals surface area contributed by atoms with Crippen LogP contribution in [0.15, 0.2) is 15.7 Å². The summed E-state index contributed by atoms with van der Waals surface area (Å²) >= 11 is 1.20. The Bertz CT molecular complexity index is 854. The number of fused-ring (bicyclic) bond motifs is 1. The maximum Gasteiger partial charge on any atom is 0.331 e. The van der Waals surface area contributed by atoms with E-state index in [-0.39, 0.29) is 23.2 Å². The highest BCUT2D eigenvalue weighted by Gasteiger charge is 2.19. The molecule has 6 nitrogen and oxygen atoms in total. The van der Waals surface area contributed by atoms with Crippen LogP contribution in [0.1, 0.15) is 48.2 Å². The fraction of sp³-hybridized carbons (Fsp3) is 0.562. The van der Waals surface area contributed by atoms with Crippen LogP contribution in [0.25, 0.3) is 10.2 Å². The SMILES string of the molecule is Cn1c(=O)c2cc(C(=O)NC3CCCCCC3)sc2n(C)c1=O. The number of carbonyl (C=O) groups is 1. The second-order valence-electron chi connectivity index (χ2n) is 6.20. The highest BCUT2D eigenvalue weighted by molar-refractivity contribution is 7.20. The average molecular weight is 335 g/mol. The standard InChI is InChI=1S/C16H21N3O3S/c1-18-14(21)11-9-12(23-15(11)19(2)16(18)22)13(20)17-10-7-5-3-4-6-8-10/h9-10H,3-8H2,1-2H3,(H,17,20). The number of nitrogens with one attached hydrogen (secondary N) is 1. The van der Waals surface area contributed by atoms with E-state index in [1.165, 1.54) is 35.8 Å². The van der Waals surface area contributed by atoms with Crippen LogP contribution in [0, 0.1) is 0 Å². The van der Waals surface area contributed by atoms with E-state index in [0.717, 1.165) is 30.3 Å². The van der Waals surface area contributed by atoms with Crippen molar-refractivity contribution in [1.29, 1.82) is 0 Å². The first-order valence-electron chi connectivity index (χ1n) is 7.99. The molecule has 1 N–H and O–H groups in total. The van der Waals surface area contributed by atoms with Crippen LogP contribution in [-0.4, -0.2) is 21.1 Å². The smallest absolute Gasteiger partial charge is 0.331 e. The quantitative estimate of drug-likeness (QED) is 0.850. The first kappa shape index (κ1) is 16.0. The molecule has 23 heavy (non-hydrogen) atoms. The third-order valence-corrected chi connectivity index (χ3v) is 5.75. The van der Waals surface area contributed by atoms with Gasteiger partial charge in [-0.3, -0.25) is 18.7 Å². The molecule has 0 spiro atoms. The van der Waals surface area contributed by atoms with Crippen LogP contribution in [0.4, 0.5) is 0 Å². The van der Waals surface area contributed by atoms with Crippen LogP contribution in [0.3, 0.4) is 0 Å². The zero-order valence-electron chi connectivity index (χ0n) is 13.4. The Hall–Kier alpha value is -1.89. The molecule has 1 aliphatic carbocycles. The first-order valence-corrected chi connectivity index (χ1v) is 8.81. The Morgan fingerprint density at radius 1 is 1.13 bits per heavy atom. The van der Waals surface area contributed by atoms with Gasteiger partial charge in [-0.1, -0.05) is 25.7 Å². The van der Waals surface area contributed by atoms with Crippen LogP contribution < -0.4 is 16.6 Å². The number of hydrogen-bond donors (Lipinski definition) is 1. The minimum atomic E-state index is -0.375. The van der Waals surface area contributed by atoms with Crippen molar-refractivity contribution >= 4 is 27.5 Å². The molecule has 7 heteroatoms. The molecular formula is C16H21N3O3S. The highest BCUT2D eigenvalue weighted by atomic mass is 32.1. The van der Waals surface area contributed by atoms with Crippen molar-refractivity contribution in [2.24, 2.45) is 14.1 Å². The molecule has 0 unspecified atom stereocenters. The summed E-state index contributed by atoms with van der Waals surface area (Å²) in [6.07, 6.45) is 6.77. The van der Waals surface area contributed by atoms with Crippen LogP contribution in [0.2, 0.25) is 0 Å². The summed E-state index contributed by atoms with van der Waals surface area (Å²) in [5, 5.41) is 3.50. The van der Waals surface area contributed by atoms with Gasteiger partial charge in [0.15, 0.2) is 0 Å². The third-order valence-electron chi connectivity index (χ3n) is 4.54. The molecule has 2 aromatic rings. The van der Waals surface area contributed by atoms with E-state index < -0.39 is 0 Å². The van der Waals surface area contributed by atoms with Crippen molar-refractivity contribution in [2.45, 2.75) is 44.6 Å². The molecule has 0 aliphatic heterocycles. The van der Waals surface area contributed by atoms with E-state index >= 15 is 0 Å². The van der Waals surface area contributed by atoms with Crippen molar-refractivity contribution in [3.05, 3.63) is 31.8 Å². The van der Waals surface area contributed by atoms with Gasteiger partial charge >= 0.3 is 5.69 Å². The van der Waals surface area contributed by atoms with Gasteiger partial charge in [0.05, 0.1) is 10.3 Å². The number of hydrogen-bond acceptors (Lipinski definition) is 4. The van der Waals surface area contributed by atoms with Gasteiger partial charge in [-0.2, -0.15) is 0 Å². The average Bonchev–Trinajstić information content (AvgIpc) is 2.84. The lowest BCUT2D eigenvalue weighted by molar-refractivity contribution is 0.0937. The molecule has 1 aliphatic rings. The minimum Gasteiger partial charge on any atom is -0.349 e. The van der Waals surface area contributed by atoms with Gasteiger partial charge in [0.2, 0.25) is 0 Å². The Morgan fingerprint density at radius 3 is 2.43 bits per heavy atom. The molecule has 0 aromatic carbocycles. The Kier molecular flexibility index (Phi) is 4.39. The molecule has 1 fully saturated rings. The van der Waals surface area contributed by atoms with Crippen molar-refractivity contribution in [1.82, 2.24) is 14.5 Å². The van der Waals surface area contributed by atoms with E-state index in [2.05, 4.69) is 5.32 Å². The van der Waals surface area contributed by atoms with E-state index in [1.807, 2.05) is 0 Å². The van der Waals surface area contributed by atoms with Crippen molar-refractivity contribution in [2.75, 3.05) is 0 Å². The summed E-state index contributed by atoms with van der Waals surface area (Å²) in [7, 11) is 3.07. The number of thiophene rings is 1. The monoisotopic (exact) mass is 335 g/mol. The van der Waals surface area contributed by atoms with E-state index in [0.29, 0.717) is 15.1 Å². The lowest BCUT2D eigenvalue weighted by Crippen LogP contribution is -2.36. The molecule has 3 rings (SSSR count). The molecule has 2 aromatic heterocycles. The maximum absolute atomic E-state index is 12.5. The van der Waals surface area contributed by atoms with Crippen molar-refractivity contribution in [3.8, 4) is 0 Å². The zero-order chi connectivity index (χ0) is 16.6. The lowest BCUT2D eigenvalue weighted by atomic mass is 10.1. The maximum atomic E-state index is 12.5. The Balaban J connectivity index is 1.92. The fourth-order valence-electron chi connectivity index (χ4n) is 3.16. The largest absolute Gasteiger partial charge is 0.349 e. The van der Waals surface area contributed by atoms with Gasteiger partial charge in [0.1, 0.15) is 4.83 Å². The summed E-state index contributed by atoms with van der Waals surface area (Å²) < 4.78 is 2.49. The van der Waals surface area contributed by atoms with Crippen LogP contribution in [-0.2, 0) is 14.1 Å². The summed E-state index contributed by atoms with van der Waals surface area (Å²) in [6.45, 7) is 0. The predicted octanol–water partition coefficient (Wildman–Crippen LogP) is 1.75. The van der Waals surface area contributed by atoms with Gasteiger partial charge < -0.3 is 5.32 Å². The number of amides is 1. The first-order chi connectivity index (χ1) is 11.0. The number of nitrogens with zero attached hydrogens (tertiary/aromatic N) is 2. The highest BCUT2D eigenvalue weighted by Crippen LogP contribution is 2.23.